The fourth-order valence-electron chi connectivity index (χ4n) is 3.49. The number of carboxylic acid groups (broad SMARTS) is 1. The van der Waals surface area contributed by atoms with Crippen LogP contribution in [0.1, 0.15) is 34.8 Å². The molecule has 3 aromatic rings. The predicted molar refractivity (Wildman–Crippen MR) is 116 cm³/mol. The first-order chi connectivity index (χ1) is 14.9. The van der Waals surface area contributed by atoms with Crippen LogP contribution in [0.15, 0.2) is 42.7 Å². The van der Waals surface area contributed by atoms with Gasteiger partial charge in [0, 0.05) is 11.9 Å². The maximum atomic E-state index is 13.9. The number of benzene rings is 2. The second-order valence-corrected chi connectivity index (χ2v) is 8.16. The summed E-state index contributed by atoms with van der Waals surface area (Å²) in [4.78, 5) is 22.4. The van der Waals surface area contributed by atoms with E-state index in [4.69, 9.17) is 4.74 Å². The molecule has 1 fully saturated rings. The number of nitrogens with one attached hydrogen (secondary N) is 1. The van der Waals surface area contributed by atoms with E-state index in [1.165, 1.54) is 24.5 Å². The van der Waals surface area contributed by atoms with Crippen molar-refractivity contribution in [3.8, 4) is 5.75 Å². The van der Waals surface area contributed by atoms with Crippen molar-refractivity contribution in [2.24, 2.45) is 5.92 Å². The van der Waals surface area contributed by atoms with Crippen LogP contribution in [-0.4, -0.2) is 53.2 Å². The van der Waals surface area contributed by atoms with Crippen LogP contribution in [0.2, 0.25) is 0 Å². The molecule has 162 valence electrons. The summed E-state index contributed by atoms with van der Waals surface area (Å²) in [5.41, 5.74) is 1.15. The highest BCUT2D eigenvalue weighted by molar-refractivity contribution is 6.05. The van der Waals surface area contributed by atoms with Gasteiger partial charge < -0.3 is 20.1 Å². The highest BCUT2D eigenvalue weighted by Crippen LogP contribution is 2.33. The number of anilines is 1. The Labute approximate surface area is 179 Å². The Bertz CT molecular complexity index is 1100. The third-order valence-corrected chi connectivity index (χ3v) is 5.23. The highest BCUT2D eigenvalue weighted by Gasteiger charge is 2.23. The minimum Gasteiger partial charge on any atom is -0.493 e. The quantitative estimate of drug-likeness (QED) is 0.537. The van der Waals surface area contributed by atoms with Crippen molar-refractivity contribution in [2.75, 3.05) is 32.6 Å². The predicted octanol–water partition coefficient (Wildman–Crippen LogP) is 3.97. The molecule has 0 spiro atoms. The summed E-state index contributed by atoms with van der Waals surface area (Å²) >= 11 is 0. The van der Waals surface area contributed by atoms with Crippen molar-refractivity contribution in [3.63, 3.8) is 0 Å². The number of hydrogen-bond donors (Lipinski definition) is 2. The molecule has 1 aromatic heterocycles. The molecule has 31 heavy (non-hydrogen) atoms. The maximum absolute atomic E-state index is 13.9. The van der Waals surface area contributed by atoms with Gasteiger partial charge >= 0.3 is 5.97 Å². The number of hydrogen-bond acceptors (Lipinski definition) is 6. The first kappa shape index (κ1) is 21.0. The number of rotatable bonds is 9. The molecule has 7 nitrogen and oxygen atoms in total. The lowest BCUT2D eigenvalue weighted by Crippen LogP contribution is -2.26. The minimum absolute atomic E-state index is 0.0589. The zero-order chi connectivity index (χ0) is 22.0. The van der Waals surface area contributed by atoms with Crippen molar-refractivity contribution < 1.29 is 19.0 Å². The smallest absolute Gasteiger partial charge is 0.338 e. The molecule has 0 aliphatic heterocycles. The number of fused-ring (bicyclic) bond motifs is 1. The lowest BCUT2D eigenvalue weighted by molar-refractivity contribution is 0.0698. The Hall–Kier alpha value is -3.26. The SMILES string of the molecule is CN(C)CC(Nc1ncnc2c(C(=O)O)cc(OCC3CC3)cc12)c1cccc(F)c1. The van der Waals surface area contributed by atoms with Crippen LogP contribution in [0.3, 0.4) is 0 Å². The molecule has 4 rings (SSSR count). The number of carboxylic acids is 1. The van der Waals surface area contributed by atoms with Crippen LogP contribution in [0.5, 0.6) is 5.75 Å². The monoisotopic (exact) mass is 424 g/mol. The second-order valence-electron chi connectivity index (χ2n) is 8.16. The molecule has 0 amide bonds. The Kier molecular flexibility index (Phi) is 5.99. The summed E-state index contributed by atoms with van der Waals surface area (Å²) < 4.78 is 19.7. The van der Waals surface area contributed by atoms with Crippen LogP contribution in [0, 0.1) is 11.7 Å². The standard InChI is InChI=1S/C23H25FN4O3/c1-28(2)11-20(15-4-3-5-16(24)8-15)27-22-18-9-17(31-12-14-6-7-14)10-19(23(29)30)21(18)25-13-26-22/h3-5,8-10,13-14,20H,6-7,11-12H2,1-2H3,(H,29,30)(H,25,26,27). The van der Waals surface area contributed by atoms with E-state index in [0.717, 1.165) is 18.4 Å². The average molecular weight is 424 g/mol. The number of halogens is 1. The Balaban J connectivity index is 1.74. The van der Waals surface area contributed by atoms with Crippen molar-refractivity contribution in [1.82, 2.24) is 14.9 Å². The third-order valence-electron chi connectivity index (χ3n) is 5.23. The molecule has 2 aromatic carbocycles. The Morgan fingerprint density at radius 1 is 1.29 bits per heavy atom. The van der Waals surface area contributed by atoms with Crippen molar-refractivity contribution in [3.05, 3.63) is 59.7 Å². The molecule has 0 bridgehead atoms. The fraction of sp³-hybridized carbons (Fsp3) is 0.348. The van der Waals surface area contributed by atoms with E-state index in [0.29, 0.717) is 41.5 Å². The van der Waals surface area contributed by atoms with Crippen LogP contribution < -0.4 is 10.1 Å². The normalized spacial score (nSPS) is 14.6. The molecule has 1 saturated carbocycles. The molecule has 0 radical (unpaired) electrons. The molecule has 2 N–H and O–H groups in total. The van der Waals surface area contributed by atoms with E-state index < -0.39 is 5.97 Å². The van der Waals surface area contributed by atoms with Gasteiger partial charge in [-0.2, -0.15) is 0 Å². The van der Waals surface area contributed by atoms with E-state index in [-0.39, 0.29) is 17.4 Å². The van der Waals surface area contributed by atoms with E-state index in [2.05, 4.69) is 15.3 Å². The second kappa shape index (κ2) is 8.85. The summed E-state index contributed by atoms with van der Waals surface area (Å²) in [5.74, 6) is 0.0807. The molecule has 1 unspecified atom stereocenters. The lowest BCUT2D eigenvalue weighted by Gasteiger charge is -2.24. The number of aromatic carboxylic acids is 1. The average Bonchev–Trinajstić information content (AvgIpc) is 3.55. The largest absolute Gasteiger partial charge is 0.493 e. The van der Waals surface area contributed by atoms with Crippen molar-refractivity contribution >= 4 is 22.7 Å². The zero-order valence-corrected chi connectivity index (χ0v) is 17.5. The van der Waals surface area contributed by atoms with Crippen LogP contribution in [-0.2, 0) is 0 Å². The van der Waals surface area contributed by atoms with Gasteiger partial charge in [0.25, 0.3) is 0 Å². The van der Waals surface area contributed by atoms with Gasteiger partial charge in [0.1, 0.15) is 23.7 Å². The van der Waals surface area contributed by atoms with Crippen LogP contribution in [0.4, 0.5) is 10.2 Å². The molecule has 1 aliphatic rings. The maximum Gasteiger partial charge on any atom is 0.338 e. The topological polar surface area (TPSA) is 87.6 Å². The van der Waals surface area contributed by atoms with Gasteiger partial charge in [0.05, 0.1) is 23.7 Å². The molecule has 1 atom stereocenters. The first-order valence-electron chi connectivity index (χ1n) is 10.2. The summed E-state index contributed by atoms with van der Waals surface area (Å²) in [5, 5.41) is 13.6. The first-order valence-corrected chi connectivity index (χ1v) is 10.2. The molecule has 1 aliphatic carbocycles. The molecule has 0 saturated heterocycles. The molecule has 8 heteroatoms. The Morgan fingerprint density at radius 2 is 2.10 bits per heavy atom. The minimum atomic E-state index is -1.08. The van der Waals surface area contributed by atoms with E-state index in [1.54, 1.807) is 12.1 Å². The van der Waals surface area contributed by atoms with E-state index >= 15 is 0 Å². The molecular formula is C23H25FN4O3. The summed E-state index contributed by atoms with van der Waals surface area (Å²) in [7, 11) is 3.86. The molecular weight excluding hydrogens is 399 g/mol. The van der Waals surface area contributed by atoms with Gasteiger partial charge in [-0.3, -0.25) is 0 Å². The number of carbonyl (C=O) groups is 1. The zero-order valence-electron chi connectivity index (χ0n) is 17.5. The summed E-state index contributed by atoms with van der Waals surface area (Å²) in [6, 6.07) is 9.41. The summed E-state index contributed by atoms with van der Waals surface area (Å²) in [6.45, 7) is 1.15. The molecule has 1 heterocycles. The van der Waals surface area contributed by atoms with Gasteiger partial charge in [-0.05, 0) is 62.7 Å². The van der Waals surface area contributed by atoms with Gasteiger partial charge in [-0.15, -0.1) is 0 Å². The van der Waals surface area contributed by atoms with Crippen molar-refractivity contribution in [2.45, 2.75) is 18.9 Å². The van der Waals surface area contributed by atoms with Crippen LogP contribution >= 0.6 is 0 Å². The summed E-state index contributed by atoms with van der Waals surface area (Å²) in [6.07, 6.45) is 3.60. The van der Waals surface area contributed by atoms with Gasteiger partial charge in [-0.1, -0.05) is 12.1 Å². The van der Waals surface area contributed by atoms with Gasteiger partial charge in [-0.25, -0.2) is 19.2 Å². The Morgan fingerprint density at radius 3 is 2.77 bits per heavy atom. The number of aromatic nitrogens is 2. The third kappa shape index (κ3) is 5.08. The van der Waals surface area contributed by atoms with Crippen molar-refractivity contribution in [1.29, 1.82) is 0 Å². The highest BCUT2D eigenvalue weighted by atomic mass is 19.1. The lowest BCUT2D eigenvalue weighted by atomic mass is 10.1. The number of ether oxygens (including phenoxy) is 1. The fourth-order valence-corrected chi connectivity index (χ4v) is 3.49. The number of likely N-dealkylation sites (N-methyl/N-ethyl adjacent to an activating group) is 1. The number of nitrogens with zero attached hydrogens (tertiary/aromatic N) is 3. The van der Waals surface area contributed by atoms with Crippen LogP contribution in [0.25, 0.3) is 10.9 Å². The van der Waals surface area contributed by atoms with Gasteiger partial charge in [0.2, 0.25) is 0 Å². The van der Waals surface area contributed by atoms with Gasteiger partial charge in [0.15, 0.2) is 0 Å². The van der Waals surface area contributed by atoms with E-state index in [1.807, 2.05) is 25.1 Å². The van der Waals surface area contributed by atoms with E-state index in [9.17, 15) is 14.3 Å².